The Balaban J connectivity index is 0.00000192. The van der Waals surface area contributed by atoms with E-state index in [1.54, 1.807) is 0 Å². The average Bonchev–Trinajstić information content (AvgIpc) is 2.98. The maximum absolute atomic E-state index is 12.5. The number of hydrogen-bond donors (Lipinski definition) is 3. The van der Waals surface area contributed by atoms with Gasteiger partial charge in [-0.25, -0.2) is 0 Å². The molecule has 3 rings (SSSR count). The summed E-state index contributed by atoms with van der Waals surface area (Å²) in [7, 11) is 0. The van der Waals surface area contributed by atoms with Crippen LogP contribution in [0, 0.1) is 0 Å². The highest BCUT2D eigenvalue weighted by molar-refractivity contribution is 6.04. The normalized spacial score (nSPS) is 12.9. The van der Waals surface area contributed by atoms with Crippen molar-refractivity contribution in [1.82, 2.24) is 15.5 Å². The topological polar surface area (TPSA) is 79.0 Å². The van der Waals surface area contributed by atoms with E-state index in [1.807, 2.05) is 31.2 Å². The third kappa shape index (κ3) is 3.83. The fourth-order valence-electron chi connectivity index (χ4n) is 2.50. The van der Waals surface area contributed by atoms with E-state index in [4.69, 9.17) is 4.74 Å². The molecule has 0 unspecified atom stereocenters. The quantitative estimate of drug-likeness (QED) is 0.784. The van der Waals surface area contributed by atoms with Crippen LogP contribution in [-0.4, -0.2) is 29.3 Å². The van der Waals surface area contributed by atoms with Crippen LogP contribution in [0.4, 0.5) is 5.69 Å². The van der Waals surface area contributed by atoms with E-state index in [0.717, 1.165) is 30.6 Å². The van der Waals surface area contributed by atoms with Crippen LogP contribution in [0.15, 0.2) is 24.3 Å². The molecule has 0 bridgehead atoms. The lowest BCUT2D eigenvalue weighted by Crippen LogP contribution is -2.25. The van der Waals surface area contributed by atoms with Crippen molar-refractivity contribution >= 4 is 24.0 Å². The number of nitrogens with zero attached hydrogens (tertiary/aromatic N) is 1. The first-order valence-electron chi connectivity index (χ1n) is 7.59. The lowest BCUT2D eigenvalue weighted by molar-refractivity contribution is 0.102. The molecular weight excluding hydrogens is 316 g/mol. The number of benzene rings is 1. The molecule has 0 aliphatic carbocycles. The molecule has 0 fully saturated rings. The van der Waals surface area contributed by atoms with Crippen LogP contribution < -0.4 is 15.4 Å². The number of aromatic amines is 1. The van der Waals surface area contributed by atoms with Gasteiger partial charge in [-0.1, -0.05) is 19.1 Å². The zero-order valence-electron chi connectivity index (χ0n) is 13.0. The predicted octanol–water partition coefficient (Wildman–Crippen LogP) is 2.52. The van der Waals surface area contributed by atoms with Crippen molar-refractivity contribution in [3.8, 4) is 5.75 Å². The van der Waals surface area contributed by atoms with Crippen LogP contribution in [-0.2, 0) is 13.0 Å². The molecule has 1 aromatic carbocycles. The van der Waals surface area contributed by atoms with Gasteiger partial charge in [0.25, 0.3) is 5.91 Å². The molecule has 2 aromatic rings. The number of carbonyl (C=O) groups is 1. The van der Waals surface area contributed by atoms with Crippen LogP contribution in [0.1, 0.15) is 35.1 Å². The number of fused-ring (bicyclic) bond motifs is 1. The number of ether oxygens (including phenoxy) is 1. The number of halogens is 1. The minimum absolute atomic E-state index is 0. The summed E-state index contributed by atoms with van der Waals surface area (Å²) in [5, 5.41) is 13.3. The molecule has 124 valence electrons. The van der Waals surface area contributed by atoms with Crippen molar-refractivity contribution in [2.24, 2.45) is 0 Å². The zero-order chi connectivity index (χ0) is 15.4. The molecule has 1 aliphatic heterocycles. The third-order valence-corrected chi connectivity index (χ3v) is 3.62. The van der Waals surface area contributed by atoms with E-state index in [0.29, 0.717) is 30.3 Å². The monoisotopic (exact) mass is 336 g/mol. The van der Waals surface area contributed by atoms with E-state index >= 15 is 0 Å². The molecule has 1 aliphatic rings. The van der Waals surface area contributed by atoms with Crippen LogP contribution in [0.3, 0.4) is 0 Å². The summed E-state index contributed by atoms with van der Waals surface area (Å²) >= 11 is 0. The summed E-state index contributed by atoms with van der Waals surface area (Å²) in [6.45, 7) is 4.24. The maximum atomic E-state index is 12.5. The first kappa shape index (κ1) is 17.3. The Morgan fingerprint density at radius 3 is 3.04 bits per heavy atom. The number of H-pyrrole nitrogens is 1. The standard InChI is InChI=1S/C16H20N4O2.ClH/c1-2-9-22-14-6-4-3-5-13(14)18-16(21)15-11-10-17-8-7-12(11)19-20-15;/h3-6,17H,2,7-10H2,1H3,(H,18,21)(H,19,20);1H. The Morgan fingerprint density at radius 1 is 1.39 bits per heavy atom. The van der Waals surface area contributed by atoms with Crippen molar-refractivity contribution < 1.29 is 9.53 Å². The highest BCUT2D eigenvalue weighted by Gasteiger charge is 2.22. The lowest BCUT2D eigenvalue weighted by atomic mass is 10.1. The first-order chi connectivity index (χ1) is 10.8. The van der Waals surface area contributed by atoms with E-state index in [2.05, 4.69) is 20.8 Å². The summed E-state index contributed by atoms with van der Waals surface area (Å²) < 4.78 is 5.66. The van der Waals surface area contributed by atoms with Gasteiger partial charge >= 0.3 is 0 Å². The Hall–Kier alpha value is -2.05. The summed E-state index contributed by atoms with van der Waals surface area (Å²) in [5.41, 5.74) is 3.11. The number of nitrogens with one attached hydrogen (secondary N) is 3. The van der Waals surface area contributed by atoms with Crippen molar-refractivity contribution in [1.29, 1.82) is 0 Å². The molecule has 3 N–H and O–H groups in total. The van der Waals surface area contributed by atoms with Gasteiger partial charge < -0.3 is 15.4 Å². The molecular formula is C16H21ClN4O2. The summed E-state index contributed by atoms with van der Waals surface area (Å²) in [6, 6.07) is 7.45. The van der Waals surface area contributed by atoms with E-state index < -0.39 is 0 Å². The number of anilines is 1. The number of rotatable bonds is 5. The first-order valence-corrected chi connectivity index (χ1v) is 7.59. The molecule has 0 atom stereocenters. The maximum Gasteiger partial charge on any atom is 0.276 e. The SMILES string of the molecule is CCCOc1ccccc1NC(=O)c1n[nH]c2c1CNCC2.Cl. The Bertz CT molecular complexity index is 672. The highest BCUT2D eigenvalue weighted by atomic mass is 35.5. The van der Waals surface area contributed by atoms with Gasteiger partial charge in [-0.05, 0) is 18.6 Å². The summed E-state index contributed by atoms with van der Waals surface area (Å²) in [6.07, 6.45) is 1.78. The average molecular weight is 337 g/mol. The second kappa shape index (κ2) is 7.99. The fraction of sp³-hybridized carbons (Fsp3) is 0.375. The van der Waals surface area contributed by atoms with E-state index in [-0.39, 0.29) is 18.3 Å². The number of hydrogen-bond acceptors (Lipinski definition) is 4. The zero-order valence-corrected chi connectivity index (χ0v) is 13.8. The minimum atomic E-state index is -0.214. The molecule has 1 aromatic heterocycles. The second-order valence-corrected chi connectivity index (χ2v) is 5.25. The minimum Gasteiger partial charge on any atom is -0.491 e. The predicted molar refractivity (Wildman–Crippen MR) is 91.4 cm³/mol. The van der Waals surface area contributed by atoms with Crippen LogP contribution in [0.2, 0.25) is 0 Å². The molecule has 7 heteroatoms. The van der Waals surface area contributed by atoms with Gasteiger partial charge in [-0.3, -0.25) is 9.89 Å². The van der Waals surface area contributed by atoms with E-state index in [1.165, 1.54) is 0 Å². The van der Waals surface area contributed by atoms with Crippen molar-refractivity contribution in [2.45, 2.75) is 26.3 Å². The van der Waals surface area contributed by atoms with Gasteiger partial charge in [0.2, 0.25) is 0 Å². The Kier molecular flexibility index (Phi) is 6.01. The number of aromatic nitrogens is 2. The Labute approximate surface area is 141 Å². The smallest absolute Gasteiger partial charge is 0.276 e. The summed E-state index contributed by atoms with van der Waals surface area (Å²) in [5.74, 6) is 0.467. The second-order valence-electron chi connectivity index (χ2n) is 5.25. The van der Waals surface area contributed by atoms with Crippen molar-refractivity contribution in [3.63, 3.8) is 0 Å². The Morgan fingerprint density at radius 2 is 2.22 bits per heavy atom. The molecule has 1 amide bonds. The van der Waals surface area contributed by atoms with Crippen LogP contribution in [0.25, 0.3) is 0 Å². The molecule has 2 heterocycles. The van der Waals surface area contributed by atoms with Crippen LogP contribution in [0.5, 0.6) is 5.75 Å². The molecule has 6 nitrogen and oxygen atoms in total. The molecule has 0 spiro atoms. The van der Waals surface area contributed by atoms with Crippen molar-refractivity contribution in [3.05, 3.63) is 41.2 Å². The van der Waals surface area contributed by atoms with Crippen molar-refractivity contribution in [2.75, 3.05) is 18.5 Å². The molecule has 0 saturated carbocycles. The van der Waals surface area contributed by atoms with Crippen LogP contribution >= 0.6 is 12.4 Å². The highest BCUT2D eigenvalue weighted by Crippen LogP contribution is 2.25. The lowest BCUT2D eigenvalue weighted by Gasteiger charge is -2.14. The summed E-state index contributed by atoms with van der Waals surface area (Å²) in [4.78, 5) is 12.5. The van der Waals surface area contributed by atoms with Gasteiger partial charge in [0, 0.05) is 30.8 Å². The number of amides is 1. The molecule has 23 heavy (non-hydrogen) atoms. The van der Waals surface area contributed by atoms with E-state index in [9.17, 15) is 4.79 Å². The number of para-hydroxylation sites is 2. The van der Waals surface area contributed by atoms with Gasteiger partial charge in [0.15, 0.2) is 5.69 Å². The van der Waals surface area contributed by atoms with Gasteiger partial charge in [-0.2, -0.15) is 5.10 Å². The third-order valence-electron chi connectivity index (χ3n) is 3.62. The molecule has 0 radical (unpaired) electrons. The van der Waals surface area contributed by atoms with Gasteiger partial charge in [0.1, 0.15) is 5.75 Å². The molecule has 0 saturated heterocycles. The fourth-order valence-corrected chi connectivity index (χ4v) is 2.50. The van der Waals surface area contributed by atoms with Gasteiger partial charge in [0.05, 0.1) is 12.3 Å². The number of carbonyl (C=O) groups excluding carboxylic acids is 1. The largest absolute Gasteiger partial charge is 0.491 e. The van der Waals surface area contributed by atoms with Gasteiger partial charge in [-0.15, -0.1) is 12.4 Å².